The van der Waals surface area contributed by atoms with Crippen LogP contribution in [0.3, 0.4) is 0 Å². The molecule has 1 aromatic carbocycles. The Morgan fingerprint density at radius 3 is 2.50 bits per heavy atom. The highest BCUT2D eigenvalue weighted by Crippen LogP contribution is 2.20. The van der Waals surface area contributed by atoms with Crippen molar-refractivity contribution in [3.8, 4) is 0 Å². The standard InChI is InChI=1S/C11H13NO2/c1-7-4-5-11(12-9(3)14)8(2)10(7)6-13/h4-6H,1-3H3,(H,12,14). The second-order valence-electron chi connectivity index (χ2n) is 3.27. The number of benzene rings is 1. The van der Waals surface area contributed by atoms with E-state index in [2.05, 4.69) is 5.32 Å². The second kappa shape index (κ2) is 4.05. The highest BCUT2D eigenvalue weighted by atomic mass is 16.1. The number of carbonyl (C=O) groups excluding carboxylic acids is 2. The quantitative estimate of drug-likeness (QED) is 0.727. The number of aldehydes is 1. The van der Waals surface area contributed by atoms with Gasteiger partial charge in [0.25, 0.3) is 0 Å². The second-order valence-corrected chi connectivity index (χ2v) is 3.27. The van der Waals surface area contributed by atoms with E-state index >= 15 is 0 Å². The van der Waals surface area contributed by atoms with E-state index in [0.29, 0.717) is 11.3 Å². The third-order valence-electron chi connectivity index (χ3n) is 2.16. The first kappa shape index (κ1) is 10.4. The van der Waals surface area contributed by atoms with E-state index in [9.17, 15) is 9.59 Å². The molecule has 14 heavy (non-hydrogen) atoms. The third kappa shape index (κ3) is 1.99. The molecule has 1 rings (SSSR count). The predicted octanol–water partition coefficient (Wildman–Crippen LogP) is 2.07. The summed E-state index contributed by atoms with van der Waals surface area (Å²) >= 11 is 0. The average Bonchev–Trinajstić information content (AvgIpc) is 2.10. The van der Waals surface area contributed by atoms with Crippen molar-refractivity contribution in [2.75, 3.05) is 5.32 Å². The first-order chi connectivity index (χ1) is 6.56. The molecular weight excluding hydrogens is 178 g/mol. The van der Waals surface area contributed by atoms with Crippen LogP contribution in [0.15, 0.2) is 12.1 Å². The Hall–Kier alpha value is -1.64. The molecule has 0 atom stereocenters. The number of amides is 1. The van der Waals surface area contributed by atoms with Crippen LogP contribution in [-0.4, -0.2) is 12.2 Å². The van der Waals surface area contributed by atoms with Gasteiger partial charge in [-0.25, -0.2) is 0 Å². The molecule has 0 aromatic heterocycles. The molecule has 3 nitrogen and oxygen atoms in total. The summed E-state index contributed by atoms with van der Waals surface area (Å²) in [4.78, 5) is 21.6. The first-order valence-corrected chi connectivity index (χ1v) is 4.39. The van der Waals surface area contributed by atoms with Gasteiger partial charge < -0.3 is 5.32 Å². The molecule has 0 saturated heterocycles. The van der Waals surface area contributed by atoms with Crippen molar-refractivity contribution in [2.45, 2.75) is 20.8 Å². The van der Waals surface area contributed by atoms with Gasteiger partial charge in [-0.2, -0.15) is 0 Å². The molecule has 1 amide bonds. The van der Waals surface area contributed by atoms with E-state index in [1.165, 1.54) is 6.92 Å². The molecule has 0 heterocycles. The number of rotatable bonds is 2. The van der Waals surface area contributed by atoms with E-state index in [-0.39, 0.29) is 5.91 Å². The lowest BCUT2D eigenvalue weighted by atomic mass is 10.0. The van der Waals surface area contributed by atoms with Gasteiger partial charge in [0.2, 0.25) is 5.91 Å². The fourth-order valence-electron chi connectivity index (χ4n) is 1.37. The number of carbonyl (C=O) groups is 2. The summed E-state index contributed by atoms with van der Waals surface area (Å²) in [6, 6.07) is 3.63. The predicted molar refractivity (Wildman–Crippen MR) is 55.6 cm³/mol. The summed E-state index contributed by atoms with van der Waals surface area (Å²) in [7, 11) is 0. The molecule has 74 valence electrons. The minimum absolute atomic E-state index is 0.131. The number of hydrogen-bond acceptors (Lipinski definition) is 2. The van der Waals surface area contributed by atoms with Crippen molar-refractivity contribution >= 4 is 17.9 Å². The normalized spacial score (nSPS) is 9.64. The Kier molecular flexibility index (Phi) is 3.02. The zero-order valence-corrected chi connectivity index (χ0v) is 8.55. The molecule has 0 aliphatic rings. The Labute approximate surface area is 83.1 Å². The fourth-order valence-corrected chi connectivity index (χ4v) is 1.37. The Balaban J connectivity index is 3.20. The van der Waals surface area contributed by atoms with Gasteiger partial charge in [-0.15, -0.1) is 0 Å². The monoisotopic (exact) mass is 191 g/mol. The molecule has 1 N–H and O–H groups in total. The molecule has 0 radical (unpaired) electrons. The topological polar surface area (TPSA) is 46.2 Å². The van der Waals surface area contributed by atoms with E-state index < -0.39 is 0 Å². The maximum atomic E-state index is 10.9. The van der Waals surface area contributed by atoms with Gasteiger partial charge in [0.05, 0.1) is 0 Å². The molecule has 0 saturated carbocycles. The molecule has 0 fully saturated rings. The fraction of sp³-hybridized carbons (Fsp3) is 0.273. The maximum absolute atomic E-state index is 10.9. The van der Waals surface area contributed by atoms with Crippen molar-refractivity contribution in [3.05, 3.63) is 28.8 Å². The van der Waals surface area contributed by atoms with Crippen molar-refractivity contribution in [3.63, 3.8) is 0 Å². The van der Waals surface area contributed by atoms with Gasteiger partial charge in [-0.3, -0.25) is 9.59 Å². The van der Waals surface area contributed by atoms with Gasteiger partial charge in [-0.05, 0) is 31.0 Å². The van der Waals surface area contributed by atoms with Gasteiger partial charge in [0, 0.05) is 18.2 Å². The van der Waals surface area contributed by atoms with E-state index in [1.54, 1.807) is 6.07 Å². The van der Waals surface area contributed by atoms with Crippen LogP contribution in [0.1, 0.15) is 28.4 Å². The Bertz CT molecular complexity index is 383. The zero-order valence-electron chi connectivity index (χ0n) is 8.55. The van der Waals surface area contributed by atoms with Crippen molar-refractivity contribution < 1.29 is 9.59 Å². The molecule has 0 aliphatic heterocycles. The highest BCUT2D eigenvalue weighted by Gasteiger charge is 2.06. The number of aryl methyl sites for hydroxylation is 1. The summed E-state index contributed by atoms with van der Waals surface area (Å²) < 4.78 is 0. The van der Waals surface area contributed by atoms with Crippen LogP contribution in [0, 0.1) is 13.8 Å². The summed E-state index contributed by atoms with van der Waals surface area (Å²) in [5.74, 6) is -0.131. The molecule has 0 bridgehead atoms. The summed E-state index contributed by atoms with van der Waals surface area (Å²) in [6.07, 6.45) is 0.815. The number of hydrogen-bond donors (Lipinski definition) is 1. The van der Waals surface area contributed by atoms with Gasteiger partial charge in [-0.1, -0.05) is 6.07 Å². The maximum Gasteiger partial charge on any atom is 0.221 e. The van der Waals surface area contributed by atoms with E-state index in [0.717, 1.165) is 17.4 Å². The SMILES string of the molecule is CC(=O)Nc1ccc(C)c(C=O)c1C. The highest BCUT2D eigenvalue weighted by molar-refractivity contribution is 5.92. The summed E-state index contributed by atoms with van der Waals surface area (Å²) in [6.45, 7) is 5.14. The van der Waals surface area contributed by atoms with Crippen LogP contribution in [0.5, 0.6) is 0 Å². The number of anilines is 1. The van der Waals surface area contributed by atoms with E-state index in [1.807, 2.05) is 19.9 Å². The summed E-state index contributed by atoms with van der Waals surface area (Å²) in [5.41, 5.74) is 3.09. The third-order valence-corrected chi connectivity index (χ3v) is 2.16. The zero-order chi connectivity index (χ0) is 10.7. The minimum atomic E-state index is -0.131. The first-order valence-electron chi connectivity index (χ1n) is 4.39. The van der Waals surface area contributed by atoms with Crippen LogP contribution >= 0.6 is 0 Å². The molecule has 0 aliphatic carbocycles. The van der Waals surface area contributed by atoms with Crippen LogP contribution < -0.4 is 5.32 Å². The van der Waals surface area contributed by atoms with Crippen LogP contribution in [0.2, 0.25) is 0 Å². The van der Waals surface area contributed by atoms with E-state index in [4.69, 9.17) is 0 Å². The molecule has 1 aromatic rings. The minimum Gasteiger partial charge on any atom is -0.326 e. The lowest BCUT2D eigenvalue weighted by Crippen LogP contribution is -2.08. The smallest absolute Gasteiger partial charge is 0.221 e. The lowest BCUT2D eigenvalue weighted by molar-refractivity contribution is -0.114. The molecule has 0 spiro atoms. The van der Waals surface area contributed by atoms with Crippen molar-refractivity contribution in [1.82, 2.24) is 0 Å². The van der Waals surface area contributed by atoms with Crippen LogP contribution in [0.25, 0.3) is 0 Å². The largest absolute Gasteiger partial charge is 0.326 e. The van der Waals surface area contributed by atoms with Crippen molar-refractivity contribution in [1.29, 1.82) is 0 Å². The summed E-state index contributed by atoms with van der Waals surface area (Å²) in [5, 5.41) is 2.68. The number of nitrogens with one attached hydrogen (secondary N) is 1. The van der Waals surface area contributed by atoms with Gasteiger partial charge >= 0.3 is 0 Å². The average molecular weight is 191 g/mol. The Morgan fingerprint density at radius 2 is 2.00 bits per heavy atom. The van der Waals surface area contributed by atoms with Crippen LogP contribution in [-0.2, 0) is 4.79 Å². The Morgan fingerprint density at radius 1 is 1.36 bits per heavy atom. The molecule has 0 unspecified atom stereocenters. The van der Waals surface area contributed by atoms with Crippen molar-refractivity contribution in [2.24, 2.45) is 0 Å². The van der Waals surface area contributed by atoms with Gasteiger partial charge in [0.1, 0.15) is 0 Å². The van der Waals surface area contributed by atoms with Crippen LogP contribution in [0.4, 0.5) is 5.69 Å². The molecular formula is C11H13NO2. The lowest BCUT2D eigenvalue weighted by Gasteiger charge is -2.10. The van der Waals surface area contributed by atoms with Gasteiger partial charge in [0.15, 0.2) is 6.29 Å². The molecule has 3 heteroatoms.